The van der Waals surface area contributed by atoms with E-state index >= 15 is 0 Å². The van der Waals surface area contributed by atoms with E-state index in [0.717, 1.165) is 0 Å². The summed E-state index contributed by atoms with van der Waals surface area (Å²) < 4.78 is 2.87. The second-order valence-corrected chi connectivity index (χ2v) is 34.3. The summed E-state index contributed by atoms with van der Waals surface area (Å²) in [6.45, 7) is 43.8. The first-order valence-electron chi connectivity index (χ1n) is 26.9. The standard InChI is InChI=1S/C66H79BN2SSi/c1-40-33-55-58-56(34-40)69(53-28-22-42(61(2,3)4)35-46(53)41-19-24-45(25-20-41)71(16,17)18)54-36-43(62(5,6)7)21-27-52(54)67(58)60-59(47-38-50-51(39-57(47)70-60)66(14,15)32-31-65(50,12)13)68(55)44-23-26-48-49(37-44)64(10,11)30-29-63(48,8)9/h19-28,33-39H,29-32H2,1-18H3. The zero-order valence-corrected chi connectivity index (χ0v) is 48.3. The van der Waals surface area contributed by atoms with Crippen molar-refractivity contribution >= 4 is 91.2 Å². The number of hydrogen-bond donors (Lipinski definition) is 0. The lowest BCUT2D eigenvalue weighted by molar-refractivity contribution is 0.332. The van der Waals surface area contributed by atoms with Crippen LogP contribution in [0.1, 0.15) is 162 Å². The molecule has 2 aliphatic heterocycles. The Morgan fingerprint density at radius 3 is 1.65 bits per heavy atom. The summed E-state index contributed by atoms with van der Waals surface area (Å²) in [5.74, 6) is 0. The quantitative estimate of drug-likeness (QED) is 0.162. The Bertz CT molecular complexity index is 3340. The molecular formula is C66H79BN2SSi. The van der Waals surface area contributed by atoms with Crippen molar-refractivity contribution in [2.24, 2.45) is 0 Å². The van der Waals surface area contributed by atoms with Gasteiger partial charge in [-0.05, 0) is 175 Å². The van der Waals surface area contributed by atoms with Crippen LogP contribution in [-0.2, 0) is 32.5 Å². The average Bonchev–Trinajstić information content (AvgIpc) is 3.66. The van der Waals surface area contributed by atoms with E-state index in [-0.39, 0.29) is 39.2 Å². The van der Waals surface area contributed by atoms with E-state index in [4.69, 9.17) is 0 Å². The van der Waals surface area contributed by atoms with Gasteiger partial charge in [-0.1, -0.05) is 170 Å². The Hall–Kier alpha value is -4.84. The molecule has 7 aromatic rings. The molecule has 2 aliphatic carbocycles. The molecule has 6 aromatic carbocycles. The summed E-state index contributed by atoms with van der Waals surface area (Å²) in [6, 6.07) is 42.5. The molecule has 1 aromatic heterocycles. The molecular weight excluding hydrogens is 892 g/mol. The fourth-order valence-corrected chi connectivity index (χ4v) is 15.5. The van der Waals surface area contributed by atoms with Gasteiger partial charge in [0.1, 0.15) is 0 Å². The molecule has 366 valence electrons. The van der Waals surface area contributed by atoms with Crippen LogP contribution in [0, 0.1) is 6.92 Å². The van der Waals surface area contributed by atoms with Crippen molar-refractivity contribution < 1.29 is 0 Å². The maximum atomic E-state index is 2.74. The minimum absolute atomic E-state index is 0.0151. The summed E-state index contributed by atoms with van der Waals surface area (Å²) in [6.07, 6.45) is 4.78. The number of rotatable bonds is 4. The van der Waals surface area contributed by atoms with E-state index in [9.17, 15) is 0 Å². The molecule has 0 saturated heterocycles. The maximum absolute atomic E-state index is 2.74. The highest BCUT2D eigenvalue weighted by atomic mass is 32.1. The first-order chi connectivity index (χ1) is 33.0. The van der Waals surface area contributed by atoms with Gasteiger partial charge in [0, 0.05) is 43.2 Å². The number of hydrogen-bond acceptors (Lipinski definition) is 3. The molecule has 71 heavy (non-hydrogen) atoms. The molecule has 0 spiro atoms. The van der Waals surface area contributed by atoms with Crippen molar-refractivity contribution in [2.75, 3.05) is 9.80 Å². The summed E-state index contributed by atoms with van der Waals surface area (Å²) in [5.41, 5.74) is 23.6. The lowest BCUT2D eigenvalue weighted by atomic mass is 9.36. The van der Waals surface area contributed by atoms with Gasteiger partial charge in [-0.2, -0.15) is 0 Å². The third-order valence-corrected chi connectivity index (χ3v) is 21.2. The summed E-state index contributed by atoms with van der Waals surface area (Å²) in [7, 11) is -1.52. The van der Waals surface area contributed by atoms with Gasteiger partial charge < -0.3 is 9.80 Å². The van der Waals surface area contributed by atoms with E-state index in [1.165, 1.54) is 141 Å². The van der Waals surface area contributed by atoms with E-state index in [2.05, 4.69) is 248 Å². The molecule has 11 rings (SSSR count). The highest BCUT2D eigenvalue weighted by Crippen LogP contribution is 2.55. The Balaban J connectivity index is 1.26. The molecule has 0 atom stereocenters. The largest absolute Gasteiger partial charge is 0.311 e. The van der Waals surface area contributed by atoms with Gasteiger partial charge in [0.15, 0.2) is 0 Å². The average molecular weight is 971 g/mol. The molecule has 2 nitrogen and oxygen atoms in total. The molecule has 0 N–H and O–H groups in total. The minimum atomic E-state index is -1.52. The predicted molar refractivity (Wildman–Crippen MR) is 317 cm³/mol. The fraction of sp³-hybridized carbons (Fsp3) is 0.424. The van der Waals surface area contributed by atoms with Crippen LogP contribution in [0.3, 0.4) is 0 Å². The Morgan fingerprint density at radius 1 is 0.521 bits per heavy atom. The van der Waals surface area contributed by atoms with Gasteiger partial charge in [0.25, 0.3) is 6.71 Å². The molecule has 0 amide bonds. The molecule has 0 saturated carbocycles. The van der Waals surface area contributed by atoms with Crippen molar-refractivity contribution in [1.29, 1.82) is 0 Å². The SMILES string of the molecule is Cc1cc2c3c(c1)N(c1ccc4c(c1)C(C)(C)CCC4(C)C)c1c(sc4cc5c(cc14)C(C)(C)CCC5(C)C)B3c1ccc(C(C)(C)C)cc1N2c1ccc(C(C)(C)C)cc1-c1ccc([Si](C)(C)C)cc1. The molecule has 4 aliphatic rings. The zero-order chi connectivity index (χ0) is 50.9. The molecule has 0 bridgehead atoms. The summed E-state index contributed by atoms with van der Waals surface area (Å²) >= 11 is 2.06. The van der Waals surface area contributed by atoms with Gasteiger partial charge in [-0.25, -0.2) is 0 Å². The summed E-state index contributed by atoms with van der Waals surface area (Å²) in [4.78, 5) is 5.44. The van der Waals surface area contributed by atoms with Crippen LogP contribution in [0.2, 0.25) is 19.6 Å². The third kappa shape index (κ3) is 7.66. The Kier molecular flexibility index (Phi) is 10.6. The van der Waals surface area contributed by atoms with Gasteiger partial charge in [0.2, 0.25) is 0 Å². The van der Waals surface area contributed by atoms with Gasteiger partial charge in [-0.3, -0.25) is 0 Å². The van der Waals surface area contributed by atoms with Crippen molar-refractivity contribution in [3.63, 3.8) is 0 Å². The van der Waals surface area contributed by atoms with Crippen LogP contribution < -0.4 is 30.7 Å². The highest BCUT2D eigenvalue weighted by molar-refractivity contribution is 7.33. The molecule has 0 fully saturated rings. The lowest BCUT2D eigenvalue weighted by Crippen LogP contribution is -2.60. The molecule has 3 heterocycles. The van der Waals surface area contributed by atoms with E-state index in [0.29, 0.717) is 0 Å². The monoisotopic (exact) mass is 971 g/mol. The molecule has 5 heteroatoms. The normalized spacial score (nSPS) is 18.4. The van der Waals surface area contributed by atoms with Gasteiger partial charge in [0.05, 0.1) is 19.4 Å². The van der Waals surface area contributed by atoms with E-state index in [1.807, 2.05) is 0 Å². The van der Waals surface area contributed by atoms with Crippen molar-refractivity contribution in [1.82, 2.24) is 0 Å². The van der Waals surface area contributed by atoms with E-state index in [1.54, 1.807) is 0 Å². The number of anilines is 6. The number of benzene rings is 6. The first-order valence-corrected chi connectivity index (χ1v) is 31.2. The zero-order valence-electron chi connectivity index (χ0n) is 46.5. The molecule has 0 radical (unpaired) electrons. The van der Waals surface area contributed by atoms with Crippen molar-refractivity contribution in [2.45, 2.75) is 182 Å². The van der Waals surface area contributed by atoms with Crippen LogP contribution in [0.4, 0.5) is 34.1 Å². The first kappa shape index (κ1) is 48.4. The van der Waals surface area contributed by atoms with Gasteiger partial charge in [-0.15, -0.1) is 11.3 Å². The number of nitrogens with zero attached hydrogens (tertiary/aromatic N) is 2. The van der Waals surface area contributed by atoms with Gasteiger partial charge >= 0.3 is 0 Å². The predicted octanol–water partition coefficient (Wildman–Crippen LogP) is 16.8. The van der Waals surface area contributed by atoms with Crippen molar-refractivity contribution in [3.8, 4) is 11.1 Å². The van der Waals surface area contributed by atoms with Crippen LogP contribution in [-0.4, -0.2) is 14.8 Å². The van der Waals surface area contributed by atoms with Crippen molar-refractivity contribution in [3.05, 3.63) is 142 Å². The highest BCUT2D eigenvalue weighted by Gasteiger charge is 2.48. The van der Waals surface area contributed by atoms with Crippen LogP contribution in [0.5, 0.6) is 0 Å². The number of aryl methyl sites for hydroxylation is 1. The van der Waals surface area contributed by atoms with Crippen LogP contribution >= 0.6 is 11.3 Å². The second kappa shape index (κ2) is 15.6. The molecule has 0 unspecified atom stereocenters. The minimum Gasteiger partial charge on any atom is -0.311 e. The van der Waals surface area contributed by atoms with Crippen LogP contribution in [0.25, 0.3) is 21.2 Å². The summed E-state index contributed by atoms with van der Waals surface area (Å²) in [5, 5.41) is 2.89. The smallest absolute Gasteiger partial charge is 0.264 e. The fourth-order valence-electron chi connectivity index (χ4n) is 13.0. The lowest BCUT2D eigenvalue weighted by Gasteiger charge is -2.45. The van der Waals surface area contributed by atoms with Crippen LogP contribution in [0.15, 0.2) is 103 Å². The number of thiophene rings is 1. The Morgan fingerprint density at radius 2 is 1.06 bits per heavy atom. The Labute approximate surface area is 433 Å². The second-order valence-electron chi connectivity index (χ2n) is 28.1. The van der Waals surface area contributed by atoms with E-state index < -0.39 is 8.07 Å². The number of fused-ring (bicyclic) bond motifs is 8. The topological polar surface area (TPSA) is 6.48 Å². The third-order valence-electron chi connectivity index (χ3n) is 17.9. The maximum Gasteiger partial charge on any atom is 0.264 e.